The van der Waals surface area contributed by atoms with Gasteiger partial charge in [-0.2, -0.15) is 0 Å². The Morgan fingerprint density at radius 1 is 0.919 bits per heavy atom. The van der Waals surface area contributed by atoms with E-state index in [4.69, 9.17) is 37.1 Å². The predicted octanol–water partition coefficient (Wildman–Crippen LogP) is 7.01. The SMILES string of the molecule is COc1c(Cl)cc(/C(O)=C2/C(=O)C(=O)N(c3ccc(Oc4ccccc4)cc3)C2c2ccco2)cc1Cl. The molecule has 2 heterocycles. The first kappa shape index (κ1) is 24.5. The molecule has 1 aliphatic heterocycles. The summed E-state index contributed by atoms with van der Waals surface area (Å²) in [5, 5.41) is 11.5. The fraction of sp³-hybridized carbons (Fsp3) is 0.0714. The highest BCUT2D eigenvalue weighted by molar-refractivity contribution is 6.51. The first-order valence-electron chi connectivity index (χ1n) is 11.1. The zero-order valence-electron chi connectivity index (χ0n) is 19.4. The third-order valence-corrected chi connectivity index (χ3v) is 6.39. The molecule has 9 heteroatoms. The van der Waals surface area contributed by atoms with E-state index in [0.29, 0.717) is 17.2 Å². The molecule has 4 aromatic rings. The van der Waals surface area contributed by atoms with E-state index in [-0.39, 0.29) is 32.7 Å². The number of carbonyl (C=O) groups is 2. The molecule has 1 saturated heterocycles. The van der Waals surface area contributed by atoms with E-state index < -0.39 is 23.5 Å². The van der Waals surface area contributed by atoms with Crippen LogP contribution in [-0.2, 0) is 9.59 Å². The lowest BCUT2D eigenvalue weighted by Crippen LogP contribution is -2.29. The topological polar surface area (TPSA) is 89.2 Å². The molecule has 186 valence electrons. The lowest BCUT2D eigenvalue weighted by atomic mass is 9.99. The quantitative estimate of drug-likeness (QED) is 0.162. The minimum absolute atomic E-state index is 0.134. The maximum absolute atomic E-state index is 13.3. The second-order valence-electron chi connectivity index (χ2n) is 8.07. The van der Waals surface area contributed by atoms with E-state index in [9.17, 15) is 14.7 Å². The van der Waals surface area contributed by atoms with Gasteiger partial charge in [0.05, 0.1) is 29.0 Å². The molecule has 0 aliphatic carbocycles. The molecule has 1 aromatic heterocycles. The zero-order valence-corrected chi connectivity index (χ0v) is 20.9. The van der Waals surface area contributed by atoms with Crippen molar-refractivity contribution in [2.75, 3.05) is 12.0 Å². The van der Waals surface area contributed by atoms with Crippen molar-refractivity contribution >= 4 is 46.3 Å². The van der Waals surface area contributed by atoms with E-state index in [1.807, 2.05) is 30.3 Å². The van der Waals surface area contributed by atoms with Crippen molar-refractivity contribution in [1.29, 1.82) is 0 Å². The number of Topliss-reactive ketones (excluding diaryl/α,β-unsaturated/α-hetero) is 1. The molecule has 1 atom stereocenters. The van der Waals surface area contributed by atoms with Crippen LogP contribution in [0.25, 0.3) is 5.76 Å². The van der Waals surface area contributed by atoms with Gasteiger partial charge >= 0.3 is 0 Å². The molecule has 0 saturated carbocycles. The monoisotopic (exact) mass is 535 g/mol. The van der Waals surface area contributed by atoms with Crippen molar-refractivity contribution in [2.24, 2.45) is 0 Å². The van der Waals surface area contributed by atoms with Crippen LogP contribution in [0.15, 0.2) is 95.1 Å². The summed E-state index contributed by atoms with van der Waals surface area (Å²) in [6.07, 6.45) is 1.42. The summed E-state index contributed by atoms with van der Waals surface area (Å²) >= 11 is 12.5. The normalized spacial score (nSPS) is 16.7. The fourth-order valence-electron chi connectivity index (χ4n) is 4.16. The average molecular weight is 536 g/mol. The Morgan fingerprint density at radius 2 is 1.57 bits per heavy atom. The number of furan rings is 1. The summed E-state index contributed by atoms with van der Waals surface area (Å²) in [6.45, 7) is 0. The van der Waals surface area contributed by atoms with Gasteiger partial charge in [-0.05, 0) is 60.7 Å². The Kier molecular flexibility index (Phi) is 6.65. The highest BCUT2D eigenvalue weighted by Crippen LogP contribution is 2.44. The fourth-order valence-corrected chi connectivity index (χ4v) is 4.80. The number of rotatable bonds is 6. The molecular formula is C28H19Cl2NO6. The molecule has 5 rings (SSSR count). The molecule has 1 N–H and O–H groups in total. The molecule has 0 bridgehead atoms. The van der Waals surface area contributed by atoms with Gasteiger partial charge in [-0.3, -0.25) is 14.5 Å². The van der Waals surface area contributed by atoms with Gasteiger partial charge < -0.3 is 19.0 Å². The predicted molar refractivity (Wildman–Crippen MR) is 139 cm³/mol. The minimum atomic E-state index is -1.03. The number of ether oxygens (including phenoxy) is 2. The van der Waals surface area contributed by atoms with Gasteiger partial charge in [-0.15, -0.1) is 0 Å². The molecule has 37 heavy (non-hydrogen) atoms. The van der Waals surface area contributed by atoms with Crippen molar-refractivity contribution in [3.8, 4) is 17.2 Å². The first-order valence-corrected chi connectivity index (χ1v) is 11.9. The molecule has 0 radical (unpaired) electrons. The molecule has 1 unspecified atom stereocenters. The van der Waals surface area contributed by atoms with Crippen LogP contribution >= 0.6 is 23.2 Å². The van der Waals surface area contributed by atoms with Crippen molar-refractivity contribution < 1.29 is 28.6 Å². The number of para-hydroxylation sites is 1. The lowest BCUT2D eigenvalue weighted by Gasteiger charge is -2.23. The minimum Gasteiger partial charge on any atom is -0.507 e. The Morgan fingerprint density at radius 3 is 2.16 bits per heavy atom. The van der Waals surface area contributed by atoms with Crippen LogP contribution in [0, 0.1) is 0 Å². The number of aliphatic hydroxyl groups excluding tert-OH is 1. The molecule has 0 spiro atoms. The number of aliphatic hydroxyl groups is 1. The van der Waals surface area contributed by atoms with Gasteiger partial charge in [0, 0.05) is 11.3 Å². The molecule has 1 amide bonds. The summed E-state index contributed by atoms with van der Waals surface area (Å²) in [4.78, 5) is 27.8. The highest BCUT2D eigenvalue weighted by atomic mass is 35.5. The smallest absolute Gasteiger partial charge is 0.300 e. The Hall–Kier alpha value is -4.20. The van der Waals surface area contributed by atoms with E-state index >= 15 is 0 Å². The molecule has 1 fully saturated rings. The van der Waals surface area contributed by atoms with Gasteiger partial charge in [0.25, 0.3) is 11.7 Å². The Balaban J connectivity index is 1.57. The second kappa shape index (κ2) is 10.0. The third kappa shape index (κ3) is 4.55. The number of anilines is 1. The largest absolute Gasteiger partial charge is 0.507 e. The lowest BCUT2D eigenvalue weighted by molar-refractivity contribution is -0.132. The van der Waals surface area contributed by atoms with E-state index in [2.05, 4.69) is 0 Å². The third-order valence-electron chi connectivity index (χ3n) is 5.83. The van der Waals surface area contributed by atoms with Gasteiger partial charge in [0.1, 0.15) is 29.1 Å². The van der Waals surface area contributed by atoms with Gasteiger partial charge in [-0.25, -0.2) is 0 Å². The van der Waals surface area contributed by atoms with Gasteiger partial charge in [0.15, 0.2) is 5.75 Å². The first-order chi connectivity index (χ1) is 17.9. The van der Waals surface area contributed by atoms with Crippen molar-refractivity contribution in [3.63, 3.8) is 0 Å². The van der Waals surface area contributed by atoms with Crippen LogP contribution < -0.4 is 14.4 Å². The number of amides is 1. The average Bonchev–Trinajstić information content (AvgIpc) is 3.51. The number of halogens is 2. The summed E-state index contributed by atoms with van der Waals surface area (Å²) in [5.74, 6) is -0.446. The summed E-state index contributed by atoms with van der Waals surface area (Å²) in [7, 11) is 1.41. The van der Waals surface area contributed by atoms with E-state index in [0.717, 1.165) is 0 Å². The van der Waals surface area contributed by atoms with E-state index in [1.54, 1.807) is 36.4 Å². The molecule has 1 aliphatic rings. The molecular weight excluding hydrogens is 517 g/mol. The molecule has 3 aromatic carbocycles. The van der Waals surface area contributed by atoms with Crippen LogP contribution in [0.5, 0.6) is 17.2 Å². The summed E-state index contributed by atoms with van der Waals surface area (Å²) < 4.78 is 16.6. The second-order valence-corrected chi connectivity index (χ2v) is 8.88. The standard InChI is InChI=1S/C28H19Cl2NO6/c1-35-27-20(29)14-16(15-21(27)30)25(32)23-24(22-8-5-13-36-22)31(28(34)26(23)33)17-9-11-19(12-10-17)37-18-6-3-2-4-7-18/h2-15,24,32H,1H3/b25-23-. The van der Waals surface area contributed by atoms with Crippen LogP contribution in [0.1, 0.15) is 17.4 Å². The van der Waals surface area contributed by atoms with Crippen LogP contribution in [0.3, 0.4) is 0 Å². The van der Waals surface area contributed by atoms with Crippen LogP contribution in [0.4, 0.5) is 5.69 Å². The summed E-state index contributed by atoms with van der Waals surface area (Å²) in [6, 6.07) is 21.0. The maximum atomic E-state index is 13.3. The summed E-state index contributed by atoms with van der Waals surface area (Å²) in [5.41, 5.74) is 0.396. The number of nitrogens with zero attached hydrogens (tertiary/aromatic N) is 1. The number of ketones is 1. The Bertz CT molecular complexity index is 1470. The molecule has 7 nitrogen and oxygen atoms in total. The zero-order chi connectivity index (χ0) is 26.1. The van der Waals surface area contributed by atoms with Crippen molar-refractivity contribution in [1.82, 2.24) is 0 Å². The number of methoxy groups -OCH3 is 1. The maximum Gasteiger partial charge on any atom is 0.300 e. The number of carbonyl (C=O) groups excluding carboxylic acids is 2. The van der Waals surface area contributed by atoms with Crippen LogP contribution in [-0.4, -0.2) is 23.9 Å². The van der Waals surface area contributed by atoms with Crippen LogP contribution in [0.2, 0.25) is 10.0 Å². The highest BCUT2D eigenvalue weighted by Gasteiger charge is 2.48. The van der Waals surface area contributed by atoms with Gasteiger partial charge in [-0.1, -0.05) is 41.4 Å². The number of benzene rings is 3. The number of hydrogen-bond donors (Lipinski definition) is 1. The van der Waals surface area contributed by atoms with Crippen molar-refractivity contribution in [3.05, 3.63) is 112 Å². The number of hydrogen-bond acceptors (Lipinski definition) is 6. The van der Waals surface area contributed by atoms with E-state index in [1.165, 1.54) is 30.4 Å². The van der Waals surface area contributed by atoms with Crippen molar-refractivity contribution in [2.45, 2.75) is 6.04 Å². The van der Waals surface area contributed by atoms with Gasteiger partial charge in [0.2, 0.25) is 0 Å². The Labute approximate surface area is 222 Å².